The molecule has 0 spiro atoms. The molecule has 0 unspecified atom stereocenters. The van der Waals surface area contributed by atoms with Crippen LogP contribution in [0.2, 0.25) is 0 Å². The van der Waals surface area contributed by atoms with Crippen LogP contribution < -0.4 is 9.47 Å². The summed E-state index contributed by atoms with van der Waals surface area (Å²) >= 11 is 0. The number of esters is 1. The van der Waals surface area contributed by atoms with Crippen LogP contribution in [0, 0.1) is 36.1 Å². The number of halogens is 4. The van der Waals surface area contributed by atoms with Gasteiger partial charge in [0, 0.05) is 5.56 Å². The monoisotopic (exact) mass is 486 g/mol. The molecule has 0 heterocycles. The zero-order valence-corrected chi connectivity index (χ0v) is 19.5. The van der Waals surface area contributed by atoms with Crippen LogP contribution in [0.4, 0.5) is 17.6 Å². The Morgan fingerprint density at radius 2 is 1.51 bits per heavy atom. The highest BCUT2D eigenvalue weighted by atomic mass is 19.2. The molecular formula is C28H26F4O3. The largest absolute Gasteiger partial charge is 0.491 e. The van der Waals surface area contributed by atoms with E-state index in [-0.39, 0.29) is 35.3 Å². The van der Waals surface area contributed by atoms with Crippen molar-refractivity contribution in [2.24, 2.45) is 5.92 Å². The molecule has 0 atom stereocenters. The van der Waals surface area contributed by atoms with Gasteiger partial charge in [-0.05, 0) is 80.3 Å². The fourth-order valence-electron chi connectivity index (χ4n) is 4.54. The third-order valence-corrected chi connectivity index (χ3v) is 6.54. The molecule has 1 aliphatic rings. The normalized spacial score (nSPS) is 17.8. The molecule has 184 valence electrons. The second-order valence-electron chi connectivity index (χ2n) is 8.77. The molecule has 1 fully saturated rings. The van der Waals surface area contributed by atoms with E-state index in [9.17, 15) is 22.4 Å². The lowest BCUT2D eigenvalue weighted by Gasteiger charge is -2.28. The Bertz CT molecular complexity index is 1220. The van der Waals surface area contributed by atoms with Crippen molar-refractivity contribution < 1.29 is 31.8 Å². The van der Waals surface area contributed by atoms with Gasteiger partial charge in [0.15, 0.2) is 23.2 Å². The third-order valence-electron chi connectivity index (χ3n) is 6.54. The lowest BCUT2D eigenvalue weighted by molar-refractivity contribution is -0.140. The van der Waals surface area contributed by atoms with Crippen LogP contribution in [0.15, 0.2) is 48.5 Å². The van der Waals surface area contributed by atoms with Crippen molar-refractivity contribution in [1.29, 1.82) is 0 Å². The number of aryl methyl sites for hydroxylation is 1. The van der Waals surface area contributed by atoms with Gasteiger partial charge in [-0.1, -0.05) is 30.3 Å². The number of carbonyl (C=O) groups is 1. The number of hydrogen-bond acceptors (Lipinski definition) is 3. The molecule has 1 saturated carbocycles. The fraction of sp³-hybridized carbons (Fsp3) is 0.321. The molecule has 35 heavy (non-hydrogen) atoms. The van der Waals surface area contributed by atoms with Crippen molar-refractivity contribution in [3.63, 3.8) is 0 Å². The summed E-state index contributed by atoms with van der Waals surface area (Å²) in [7, 11) is 0. The lowest BCUT2D eigenvalue weighted by atomic mass is 9.78. The zero-order chi connectivity index (χ0) is 25.1. The van der Waals surface area contributed by atoms with E-state index in [1.165, 1.54) is 37.3 Å². The Morgan fingerprint density at radius 1 is 0.829 bits per heavy atom. The Balaban J connectivity index is 1.37. The first kappa shape index (κ1) is 24.8. The standard InChI is InChI=1S/C28H26F4O3/c1-3-34-23-15-14-22(26(31)27(23)32)17-5-7-19(8-6-17)28(33)35-20-11-9-18(10-12-20)21-13-4-16(2)24(29)25(21)30/h4,9-15,17,19H,3,5-8H2,1-2H3. The predicted molar refractivity (Wildman–Crippen MR) is 124 cm³/mol. The molecule has 0 aliphatic heterocycles. The molecule has 3 aromatic carbocycles. The van der Waals surface area contributed by atoms with E-state index in [1.807, 2.05) is 0 Å². The summed E-state index contributed by atoms with van der Waals surface area (Å²) in [5.41, 5.74) is 1.11. The SMILES string of the molecule is CCOc1ccc(C2CCC(C(=O)Oc3ccc(-c4ccc(C)c(F)c4F)cc3)CC2)c(F)c1F. The minimum absolute atomic E-state index is 0.104. The van der Waals surface area contributed by atoms with Crippen molar-refractivity contribution in [1.82, 2.24) is 0 Å². The fourth-order valence-corrected chi connectivity index (χ4v) is 4.54. The van der Waals surface area contributed by atoms with Crippen LogP contribution in [0.3, 0.4) is 0 Å². The molecule has 1 aliphatic carbocycles. The molecule has 3 aromatic rings. The van der Waals surface area contributed by atoms with Crippen molar-refractivity contribution in [3.8, 4) is 22.6 Å². The molecule has 7 heteroatoms. The molecule has 0 bridgehead atoms. The molecule has 0 amide bonds. The molecule has 0 aromatic heterocycles. The molecular weight excluding hydrogens is 460 g/mol. The molecule has 0 N–H and O–H groups in total. The zero-order valence-electron chi connectivity index (χ0n) is 19.5. The van der Waals surface area contributed by atoms with E-state index < -0.39 is 29.2 Å². The van der Waals surface area contributed by atoms with Crippen LogP contribution in [0.25, 0.3) is 11.1 Å². The van der Waals surface area contributed by atoms with Gasteiger partial charge in [-0.15, -0.1) is 0 Å². The first-order chi connectivity index (χ1) is 16.8. The van der Waals surface area contributed by atoms with Crippen LogP contribution in [0.5, 0.6) is 11.5 Å². The second kappa shape index (κ2) is 10.5. The van der Waals surface area contributed by atoms with Crippen LogP contribution in [-0.4, -0.2) is 12.6 Å². The number of hydrogen-bond donors (Lipinski definition) is 0. The molecule has 0 saturated heterocycles. The van der Waals surface area contributed by atoms with Crippen LogP contribution in [0.1, 0.15) is 49.7 Å². The Labute approximate surface area is 201 Å². The Morgan fingerprint density at radius 3 is 2.17 bits per heavy atom. The van der Waals surface area contributed by atoms with Gasteiger partial charge in [0.1, 0.15) is 5.75 Å². The number of rotatable bonds is 6. The summed E-state index contributed by atoms with van der Waals surface area (Å²) in [5.74, 6) is -4.44. The van der Waals surface area contributed by atoms with E-state index in [2.05, 4.69) is 0 Å². The summed E-state index contributed by atoms with van der Waals surface area (Å²) in [5, 5.41) is 0. The summed E-state index contributed by atoms with van der Waals surface area (Å²) in [6.45, 7) is 3.43. The summed E-state index contributed by atoms with van der Waals surface area (Å²) in [4.78, 5) is 12.7. The molecule has 4 rings (SSSR count). The topological polar surface area (TPSA) is 35.5 Å². The average molecular weight is 487 g/mol. The van der Waals surface area contributed by atoms with Gasteiger partial charge in [-0.3, -0.25) is 4.79 Å². The van der Waals surface area contributed by atoms with Gasteiger partial charge in [-0.2, -0.15) is 4.39 Å². The third kappa shape index (κ3) is 5.19. The van der Waals surface area contributed by atoms with Crippen LogP contribution in [-0.2, 0) is 4.79 Å². The summed E-state index contributed by atoms with van der Waals surface area (Å²) < 4.78 is 67.5. The number of ether oxygens (including phenoxy) is 2. The van der Waals surface area contributed by atoms with Crippen molar-refractivity contribution in [3.05, 3.63) is 82.9 Å². The van der Waals surface area contributed by atoms with Gasteiger partial charge >= 0.3 is 5.97 Å². The van der Waals surface area contributed by atoms with Crippen LogP contribution >= 0.6 is 0 Å². The van der Waals surface area contributed by atoms with Crippen molar-refractivity contribution >= 4 is 5.97 Å². The van der Waals surface area contributed by atoms with Crippen molar-refractivity contribution in [2.75, 3.05) is 6.61 Å². The highest BCUT2D eigenvalue weighted by Gasteiger charge is 2.31. The van der Waals surface area contributed by atoms with E-state index >= 15 is 0 Å². The first-order valence-corrected chi connectivity index (χ1v) is 11.7. The summed E-state index contributed by atoms with van der Waals surface area (Å²) in [6, 6.07) is 12.2. The Hall–Kier alpha value is -3.35. The quantitative estimate of drug-likeness (QED) is 0.206. The first-order valence-electron chi connectivity index (χ1n) is 11.7. The van der Waals surface area contributed by atoms with Gasteiger partial charge in [0.05, 0.1) is 12.5 Å². The highest BCUT2D eigenvalue weighted by molar-refractivity contribution is 5.75. The van der Waals surface area contributed by atoms with Gasteiger partial charge in [0.2, 0.25) is 5.82 Å². The minimum Gasteiger partial charge on any atom is -0.491 e. The second-order valence-corrected chi connectivity index (χ2v) is 8.77. The maximum atomic E-state index is 14.5. The Kier molecular flexibility index (Phi) is 7.43. The summed E-state index contributed by atoms with van der Waals surface area (Å²) in [6.07, 6.45) is 2.04. The minimum atomic E-state index is -0.984. The van der Waals surface area contributed by atoms with E-state index in [0.717, 1.165) is 0 Å². The predicted octanol–water partition coefficient (Wildman–Crippen LogP) is 7.50. The van der Waals surface area contributed by atoms with E-state index in [0.29, 0.717) is 42.6 Å². The smallest absolute Gasteiger partial charge is 0.314 e. The number of carbonyl (C=O) groups excluding carboxylic acids is 1. The lowest BCUT2D eigenvalue weighted by Crippen LogP contribution is -2.25. The molecule has 3 nitrogen and oxygen atoms in total. The van der Waals surface area contributed by atoms with E-state index in [1.54, 1.807) is 25.1 Å². The highest BCUT2D eigenvalue weighted by Crippen LogP contribution is 2.39. The van der Waals surface area contributed by atoms with Gasteiger partial charge in [0.25, 0.3) is 0 Å². The molecule has 0 radical (unpaired) electrons. The van der Waals surface area contributed by atoms with Gasteiger partial charge < -0.3 is 9.47 Å². The number of benzene rings is 3. The maximum absolute atomic E-state index is 14.5. The maximum Gasteiger partial charge on any atom is 0.314 e. The average Bonchev–Trinajstić information content (AvgIpc) is 2.86. The van der Waals surface area contributed by atoms with Crippen molar-refractivity contribution in [2.45, 2.75) is 45.4 Å². The van der Waals surface area contributed by atoms with E-state index in [4.69, 9.17) is 9.47 Å². The van der Waals surface area contributed by atoms with Gasteiger partial charge in [-0.25, -0.2) is 13.2 Å².